The summed E-state index contributed by atoms with van der Waals surface area (Å²) in [7, 11) is 0. The zero-order valence-electron chi connectivity index (χ0n) is 10.3. The van der Waals surface area contributed by atoms with Crippen LogP contribution < -0.4 is 5.32 Å². The third kappa shape index (κ3) is 2.80. The van der Waals surface area contributed by atoms with Crippen LogP contribution in [0.15, 0.2) is 12.4 Å². The molecule has 1 aromatic heterocycles. The smallest absolute Gasteiger partial charge is 0.0771 e. The van der Waals surface area contributed by atoms with Gasteiger partial charge in [-0.1, -0.05) is 6.42 Å². The summed E-state index contributed by atoms with van der Waals surface area (Å²) in [6.45, 7) is 2.91. The second-order valence-corrected chi connectivity index (χ2v) is 5.26. The molecule has 0 aromatic carbocycles. The van der Waals surface area contributed by atoms with E-state index < -0.39 is 0 Å². The SMILES string of the molecule is c1nn(CC2CCCO2)cc1NCC1CCC1. The molecule has 1 aliphatic carbocycles. The normalized spacial score (nSPS) is 24.8. The lowest BCUT2D eigenvalue weighted by Crippen LogP contribution is -2.20. The van der Waals surface area contributed by atoms with Gasteiger partial charge in [0.05, 0.1) is 24.5 Å². The van der Waals surface area contributed by atoms with E-state index in [9.17, 15) is 0 Å². The highest BCUT2D eigenvalue weighted by Gasteiger charge is 2.18. The van der Waals surface area contributed by atoms with Crippen LogP contribution in [0.4, 0.5) is 5.69 Å². The van der Waals surface area contributed by atoms with Crippen LogP contribution in [0.1, 0.15) is 32.1 Å². The molecule has 0 radical (unpaired) electrons. The van der Waals surface area contributed by atoms with Crippen LogP contribution in [0.5, 0.6) is 0 Å². The Morgan fingerprint density at radius 1 is 1.35 bits per heavy atom. The Kier molecular flexibility index (Phi) is 3.31. The molecule has 1 atom stereocenters. The maximum absolute atomic E-state index is 5.61. The molecule has 1 saturated heterocycles. The van der Waals surface area contributed by atoms with E-state index in [-0.39, 0.29) is 0 Å². The van der Waals surface area contributed by atoms with Gasteiger partial charge in [0.15, 0.2) is 0 Å². The third-order valence-electron chi connectivity index (χ3n) is 3.87. The van der Waals surface area contributed by atoms with Gasteiger partial charge in [-0.2, -0.15) is 5.10 Å². The van der Waals surface area contributed by atoms with E-state index in [0.717, 1.165) is 31.3 Å². The van der Waals surface area contributed by atoms with Crippen molar-refractivity contribution in [1.82, 2.24) is 9.78 Å². The lowest BCUT2D eigenvalue weighted by molar-refractivity contribution is 0.0940. The van der Waals surface area contributed by atoms with Gasteiger partial charge in [0.2, 0.25) is 0 Å². The molecule has 1 unspecified atom stereocenters. The standard InChI is InChI=1S/C13H21N3O/c1-3-11(4-1)7-14-12-8-15-16(9-12)10-13-5-2-6-17-13/h8-9,11,13-14H,1-7,10H2. The third-order valence-corrected chi connectivity index (χ3v) is 3.87. The Morgan fingerprint density at radius 2 is 2.29 bits per heavy atom. The van der Waals surface area contributed by atoms with E-state index in [1.165, 1.54) is 32.1 Å². The number of nitrogens with zero attached hydrogens (tertiary/aromatic N) is 2. The topological polar surface area (TPSA) is 39.1 Å². The highest BCUT2D eigenvalue weighted by atomic mass is 16.5. The summed E-state index contributed by atoms with van der Waals surface area (Å²) in [6.07, 6.45) is 10.9. The van der Waals surface area contributed by atoms with Gasteiger partial charge < -0.3 is 10.1 Å². The summed E-state index contributed by atoms with van der Waals surface area (Å²) in [6, 6.07) is 0. The molecule has 0 amide bonds. The molecule has 17 heavy (non-hydrogen) atoms. The molecular weight excluding hydrogens is 214 g/mol. The molecule has 4 nitrogen and oxygen atoms in total. The second-order valence-electron chi connectivity index (χ2n) is 5.26. The van der Waals surface area contributed by atoms with Crippen LogP contribution in [-0.2, 0) is 11.3 Å². The van der Waals surface area contributed by atoms with Gasteiger partial charge in [-0.3, -0.25) is 4.68 Å². The number of nitrogens with one attached hydrogen (secondary N) is 1. The van der Waals surface area contributed by atoms with Crippen molar-refractivity contribution in [2.24, 2.45) is 5.92 Å². The van der Waals surface area contributed by atoms with Gasteiger partial charge in [-0.15, -0.1) is 0 Å². The lowest BCUT2D eigenvalue weighted by Gasteiger charge is -2.25. The van der Waals surface area contributed by atoms with Crippen molar-refractivity contribution in [3.8, 4) is 0 Å². The highest BCUT2D eigenvalue weighted by molar-refractivity contribution is 5.38. The zero-order valence-corrected chi connectivity index (χ0v) is 10.3. The van der Waals surface area contributed by atoms with Crippen LogP contribution in [0.2, 0.25) is 0 Å². The Morgan fingerprint density at radius 3 is 3.00 bits per heavy atom. The minimum absolute atomic E-state index is 0.370. The molecular formula is C13H21N3O. The first-order valence-electron chi connectivity index (χ1n) is 6.78. The zero-order chi connectivity index (χ0) is 11.5. The van der Waals surface area contributed by atoms with Crippen molar-refractivity contribution in [3.05, 3.63) is 12.4 Å². The summed E-state index contributed by atoms with van der Waals surface area (Å²) in [5.74, 6) is 0.886. The number of ether oxygens (including phenoxy) is 1. The van der Waals surface area contributed by atoms with Gasteiger partial charge in [0.25, 0.3) is 0 Å². The number of aromatic nitrogens is 2. The fourth-order valence-corrected chi connectivity index (χ4v) is 2.51. The summed E-state index contributed by atoms with van der Waals surface area (Å²) < 4.78 is 7.61. The average molecular weight is 235 g/mol. The van der Waals surface area contributed by atoms with Crippen molar-refractivity contribution < 1.29 is 4.74 Å². The first kappa shape index (κ1) is 11.1. The molecule has 1 aliphatic heterocycles. The molecule has 4 heteroatoms. The second kappa shape index (κ2) is 5.08. The lowest BCUT2D eigenvalue weighted by atomic mass is 9.85. The number of hydrogen-bond acceptors (Lipinski definition) is 3. The van der Waals surface area contributed by atoms with Crippen molar-refractivity contribution in [1.29, 1.82) is 0 Å². The largest absolute Gasteiger partial charge is 0.382 e. The van der Waals surface area contributed by atoms with Crippen molar-refractivity contribution >= 4 is 5.69 Å². The Labute approximate surface area is 102 Å². The van der Waals surface area contributed by atoms with Gasteiger partial charge in [0, 0.05) is 19.3 Å². The number of hydrogen-bond donors (Lipinski definition) is 1. The molecule has 2 heterocycles. The van der Waals surface area contributed by atoms with Crippen LogP contribution in [0, 0.1) is 5.92 Å². The molecule has 3 rings (SSSR count). The molecule has 0 bridgehead atoms. The maximum Gasteiger partial charge on any atom is 0.0771 e. The molecule has 94 valence electrons. The first-order chi connectivity index (χ1) is 8.40. The fraction of sp³-hybridized carbons (Fsp3) is 0.769. The van der Waals surface area contributed by atoms with E-state index in [4.69, 9.17) is 4.74 Å². The predicted molar refractivity (Wildman–Crippen MR) is 67.0 cm³/mol. The number of rotatable bonds is 5. The molecule has 1 N–H and O–H groups in total. The van der Waals surface area contributed by atoms with Gasteiger partial charge >= 0.3 is 0 Å². The van der Waals surface area contributed by atoms with E-state index in [1.54, 1.807) is 0 Å². The van der Waals surface area contributed by atoms with E-state index in [0.29, 0.717) is 6.10 Å². The van der Waals surface area contributed by atoms with E-state index >= 15 is 0 Å². The van der Waals surface area contributed by atoms with Crippen LogP contribution in [-0.4, -0.2) is 29.0 Å². The monoisotopic (exact) mass is 235 g/mol. The number of anilines is 1. The van der Waals surface area contributed by atoms with Crippen molar-refractivity contribution in [2.45, 2.75) is 44.8 Å². The van der Waals surface area contributed by atoms with Crippen molar-refractivity contribution in [2.75, 3.05) is 18.5 Å². The van der Waals surface area contributed by atoms with Crippen LogP contribution in [0.3, 0.4) is 0 Å². The minimum Gasteiger partial charge on any atom is -0.382 e. The molecule has 0 spiro atoms. The van der Waals surface area contributed by atoms with Crippen molar-refractivity contribution in [3.63, 3.8) is 0 Å². The molecule has 1 aromatic rings. The Hall–Kier alpha value is -1.03. The summed E-state index contributed by atoms with van der Waals surface area (Å²) in [5, 5.41) is 7.84. The Balaban J connectivity index is 1.47. The van der Waals surface area contributed by atoms with E-state index in [1.807, 2.05) is 10.9 Å². The fourth-order valence-electron chi connectivity index (χ4n) is 2.51. The van der Waals surface area contributed by atoms with Gasteiger partial charge in [-0.05, 0) is 31.6 Å². The predicted octanol–water partition coefficient (Wildman–Crippen LogP) is 2.27. The first-order valence-corrected chi connectivity index (χ1v) is 6.78. The summed E-state index contributed by atoms with van der Waals surface area (Å²) in [5.41, 5.74) is 1.15. The highest BCUT2D eigenvalue weighted by Crippen LogP contribution is 2.26. The Bertz CT molecular complexity index is 353. The minimum atomic E-state index is 0.370. The maximum atomic E-state index is 5.61. The van der Waals surface area contributed by atoms with Gasteiger partial charge in [0.1, 0.15) is 0 Å². The van der Waals surface area contributed by atoms with Gasteiger partial charge in [-0.25, -0.2) is 0 Å². The van der Waals surface area contributed by atoms with Crippen LogP contribution in [0.25, 0.3) is 0 Å². The van der Waals surface area contributed by atoms with Crippen LogP contribution >= 0.6 is 0 Å². The molecule has 2 aliphatic rings. The quantitative estimate of drug-likeness (QED) is 0.851. The average Bonchev–Trinajstić information content (AvgIpc) is 2.88. The summed E-state index contributed by atoms with van der Waals surface area (Å²) >= 11 is 0. The molecule has 2 fully saturated rings. The van der Waals surface area contributed by atoms with E-state index in [2.05, 4.69) is 16.6 Å². The molecule has 1 saturated carbocycles. The summed E-state index contributed by atoms with van der Waals surface area (Å²) in [4.78, 5) is 0.